The second-order valence-corrected chi connectivity index (χ2v) is 6.79. The first kappa shape index (κ1) is 18.1. The number of unbranched alkanes of at least 4 members (excludes halogenated alkanes) is 1. The van der Waals surface area contributed by atoms with Crippen LogP contribution in [0.2, 0.25) is 5.02 Å². The second kappa shape index (κ2) is 9.12. The van der Waals surface area contributed by atoms with Crippen LogP contribution in [-0.4, -0.2) is 25.9 Å². The highest BCUT2D eigenvalue weighted by atomic mass is 35.5. The van der Waals surface area contributed by atoms with Crippen molar-refractivity contribution < 1.29 is 14.2 Å². The molecule has 0 unspecified atom stereocenters. The van der Waals surface area contributed by atoms with E-state index < -0.39 is 0 Å². The van der Waals surface area contributed by atoms with Gasteiger partial charge in [0.25, 0.3) is 0 Å². The molecule has 2 aromatic carbocycles. The summed E-state index contributed by atoms with van der Waals surface area (Å²) in [6.07, 6.45) is 4.10. The van der Waals surface area contributed by atoms with E-state index in [4.69, 9.17) is 25.8 Å². The van der Waals surface area contributed by atoms with Crippen molar-refractivity contribution in [1.29, 1.82) is 0 Å². The van der Waals surface area contributed by atoms with E-state index >= 15 is 0 Å². The van der Waals surface area contributed by atoms with Crippen LogP contribution < -0.4 is 9.47 Å². The molecule has 1 heterocycles. The largest absolute Gasteiger partial charge is 0.494 e. The summed E-state index contributed by atoms with van der Waals surface area (Å²) in [5.74, 6) is 1.77. The molecule has 0 aliphatic carbocycles. The fourth-order valence-corrected chi connectivity index (χ4v) is 3.00. The molecule has 3 rings (SSSR count). The fourth-order valence-electron chi connectivity index (χ4n) is 2.81. The molecule has 0 aromatic heterocycles. The van der Waals surface area contributed by atoms with E-state index in [1.807, 2.05) is 30.3 Å². The first-order chi connectivity index (χ1) is 12.2. The van der Waals surface area contributed by atoms with E-state index in [1.165, 1.54) is 5.56 Å². The van der Waals surface area contributed by atoms with Crippen LogP contribution in [0.3, 0.4) is 0 Å². The molecule has 0 bridgehead atoms. The standard InChI is InChI=1S/C21H25ClO3/c1-2-3-11-24-19-8-9-21(22)17(14-19)13-16-4-6-18(7-5-16)25-20-10-12-23-15-20/h4-9,14,20H,2-3,10-13,15H2,1H3/t20-/m0/s1. The Balaban J connectivity index is 1.61. The van der Waals surface area contributed by atoms with Gasteiger partial charge in [-0.1, -0.05) is 37.1 Å². The van der Waals surface area contributed by atoms with Gasteiger partial charge in [-0.05, 0) is 54.3 Å². The molecular weight excluding hydrogens is 336 g/mol. The topological polar surface area (TPSA) is 27.7 Å². The van der Waals surface area contributed by atoms with Crippen molar-refractivity contribution in [3.05, 3.63) is 58.6 Å². The van der Waals surface area contributed by atoms with Crippen LogP contribution in [0, 0.1) is 0 Å². The summed E-state index contributed by atoms with van der Waals surface area (Å²) in [6.45, 7) is 4.37. The number of hydrogen-bond donors (Lipinski definition) is 0. The van der Waals surface area contributed by atoms with E-state index in [0.29, 0.717) is 6.61 Å². The van der Waals surface area contributed by atoms with Gasteiger partial charge < -0.3 is 14.2 Å². The zero-order chi connectivity index (χ0) is 17.5. The van der Waals surface area contributed by atoms with Crippen molar-refractivity contribution in [3.63, 3.8) is 0 Å². The molecule has 0 amide bonds. The summed E-state index contributed by atoms with van der Waals surface area (Å²) >= 11 is 6.36. The molecular formula is C21H25ClO3. The third kappa shape index (κ3) is 5.38. The highest BCUT2D eigenvalue weighted by molar-refractivity contribution is 6.31. The molecule has 1 aliphatic heterocycles. The molecule has 0 N–H and O–H groups in total. The van der Waals surface area contributed by atoms with Crippen molar-refractivity contribution in [1.82, 2.24) is 0 Å². The Morgan fingerprint density at radius 2 is 1.92 bits per heavy atom. The van der Waals surface area contributed by atoms with Gasteiger partial charge in [0.1, 0.15) is 17.6 Å². The van der Waals surface area contributed by atoms with Crippen LogP contribution in [0.5, 0.6) is 11.5 Å². The molecule has 4 heteroatoms. The molecule has 2 aromatic rings. The van der Waals surface area contributed by atoms with E-state index in [0.717, 1.165) is 61.0 Å². The fraction of sp³-hybridized carbons (Fsp3) is 0.429. The Morgan fingerprint density at radius 3 is 2.64 bits per heavy atom. The van der Waals surface area contributed by atoms with Crippen LogP contribution in [-0.2, 0) is 11.2 Å². The van der Waals surface area contributed by atoms with Gasteiger partial charge in [-0.15, -0.1) is 0 Å². The first-order valence-corrected chi connectivity index (χ1v) is 9.37. The summed E-state index contributed by atoms with van der Waals surface area (Å²) in [6, 6.07) is 14.1. The van der Waals surface area contributed by atoms with Crippen molar-refractivity contribution in [2.45, 2.75) is 38.7 Å². The average Bonchev–Trinajstić information content (AvgIpc) is 3.13. The van der Waals surface area contributed by atoms with Crippen LogP contribution in [0.15, 0.2) is 42.5 Å². The van der Waals surface area contributed by atoms with Crippen molar-refractivity contribution in [2.24, 2.45) is 0 Å². The zero-order valence-corrected chi connectivity index (χ0v) is 15.4. The monoisotopic (exact) mass is 360 g/mol. The summed E-state index contributed by atoms with van der Waals surface area (Å²) in [7, 11) is 0. The Bertz CT molecular complexity index is 663. The SMILES string of the molecule is CCCCOc1ccc(Cl)c(Cc2ccc(O[C@H]3CCOC3)cc2)c1. The molecule has 0 saturated carbocycles. The number of benzene rings is 2. The molecule has 1 atom stereocenters. The number of rotatable bonds is 8. The van der Waals surface area contributed by atoms with Crippen molar-refractivity contribution >= 4 is 11.6 Å². The lowest BCUT2D eigenvalue weighted by molar-refractivity contribution is 0.141. The molecule has 3 nitrogen and oxygen atoms in total. The van der Waals surface area contributed by atoms with E-state index in [2.05, 4.69) is 19.1 Å². The van der Waals surface area contributed by atoms with E-state index in [9.17, 15) is 0 Å². The van der Waals surface area contributed by atoms with Gasteiger partial charge in [0.05, 0.1) is 19.8 Å². The normalized spacial score (nSPS) is 16.8. The Kier molecular flexibility index (Phi) is 6.60. The Labute approximate surface area is 154 Å². The smallest absolute Gasteiger partial charge is 0.124 e. The van der Waals surface area contributed by atoms with Crippen molar-refractivity contribution in [3.8, 4) is 11.5 Å². The number of ether oxygens (including phenoxy) is 3. The van der Waals surface area contributed by atoms with Crippen LogP contribution in [0.25, 0.3) is 0 Å². The van der Waals surface area contributed by atoms with Gasteiger partial charge in [0, 0.05) is 11.4 Å². The summed E-state index contributed by atoms with van der Waals surface area (Å²) in [4.78, 5) is 0. The predicted molar refractivity (Wildman–Crippen MR) is 101 cm³/mol. The highest BCUT2D eigenvalue weighted by Gasteiger charge is 2.17. The van der Waals surface area contributed by atoms with Gasteiger partial charge in [0.15, 0.2) is 0 Å². The minimum Gasteiger partial charge on any atom is -0.494 e. The molecule has 1 saturated heterocycles. The van der Waals surface area contributed by atoms with Gasteiger partial charge in [-0.3, -0.25) is 0 Å². The molecule has 134 valence electrons. The molecule has 25 heavy (non-hydrogen) atoms. The van der Waals surface area contributed by atoms with Crippen LogP contribution in [0.1, 0.15) is 37.3 Å². The van der Waals surface area contributed by atoms with Crippen LogP contribution >= 0.6 is 11.6 Å². The maximum Gasteiger partial charge on any atom is 0.124 e. The lowest BCUT2D eigenvalue weighted by atomic mass is 10.0. The van der Waals surface area contributed by atoms with Gasteiger partial charge >= 0.3 is 0 Å². The molecule has 0 radical (unpaired) electrons. The third-order valence-corrected chi connectivity index (χ3v) is 4.66. The Morgan fingerprint density at radius 1 is 1.12 bits per heavy atom. The summed E-state index contributed by atoms with van der Waals surface area (Å²) < 4.78 is 17.0. The maximum absolute atomic E-state index is 6.36. The second-order valence-electron chi connectivity index (χ2n) is 6.38. The Hall–Kier alpha value is -1.71. The van der Waals surface area contributed by atoms with Gasteiger partial charge in [-0.2, -0.15) is 0 Å². The van der Waals surface area contributed by atoms with Crippen molar-refractivity contribution in [2.75, 3.05) is 19.8 Å². The predicted octanol–water partition coefficient (Wildman–Crippen LogP) is 5.28. The summed E-state index contributed by atoms with van der Waals surface area (Å²) in [5.41, 5.74) is 2.27. The third-order valence-electron chi connectivity index (χ3n) is 4.29. The lowest BCUT2D eigenvalue weighted by Crippen LogP contribution is -2.15. The van der Waals surface area contributed by atoms with E-state index in [1.54, 1.807) is 0 Å². The number of hydrogen-bond acceptors (Lipinski definition) is 3. The molecule has 0 spiro atoms. The average molecular weight is 361 g/mol. The van der Waals surface area contributed by atoms with Crippen LogP contribution in [0.4, 0.5) is 0 Å². The minimum absolute atomic E-state index is 0.178. The quantitative estimate of drug-likeness (QED) is 0.599. The lowest BCUT2D eigenvalue weighted by Gasteiger charge is -2.13. The first-order valence-electron chi connectivity index (χ1n) is 8.99. The molecule has 1 fully saturated rings. The number of halogens is 1. The van der Waals surface area contributed by atoms with Gasteiger partial charge in [-0.25, -0.2) is 0 Å². The molecule has 1 aliphatic rings. The van der Waals surface area contributed by atoms with Gasteiger partial charge in [0.2, 0.25) is 0 Å². The zero-order valence-electron chi connectivity index (χ0n) is 14.7. The summed E-state index contributed by atoms with van der Waals surface area (Å²) in [5, 5.41) is 0.770. The van der Waals surface area contributed by atoms with E-state index in [-0.39, 0.29) is 6.10 Å². The minimum atomic E-state index is 0.178. The highest BCUT2D eigenvalue weighted by Crippen LogP contribution is 2.26. The maximum atomic E-state index is 6.36.